The molecule has 1 aromatic heterocycles. The third-order valence-corrected chi connectivity index (χ3v) is 4.69. The van der Waals surface area contributed by atoms with E-state index in [1.165, 1.54) is 11.1 Å². The van der Waals surface area contributed by atoms with Crippen molar-refractivity contribution in [3.05, 3.63) is 59.9 Å². The molecular formula is C21H24ClN2O2-. The molecule has 0 spiro atoms. The Hall–Kier alpha value is -2.04. The molecule has 1 fully saturated rings. The first-order valence-electron chi connectivity index (χ1n) is 9.07. The quantitative estimate of drug-likeness (QED) is 0.618. The zero-order valence-electron chi connectivity index (χ0n) is 15.0. The van der Waals surface area contributed by atoms with Crippen LogP contribution < -0.4 is 17.1 Å². The Balaban J connectivity index is 0.00000196. The second-order valence-electron chi connectivity index (χ2n) is 6.63. The maximum Gasteiger partial charge on any atom is 0.139 e. The van der Waals surface area contributed by atoms with Gasteiger partial charge in [0, 0.05) is 13.2 Å². The van der Waals surface area contributed by atoms with Crippen molar-refractivity contribution >= 4 is 11.0 Å². The van der Waals surface area contributed by atoms with Crippen LogP contribution in [0.5, 0.6) is 5.75 Å². The molecule has 4 rings (SSSR count). The molecule has 2 heterocycles. The van der Waals surface area contributed by atoms with Crippen LogP contribution in [0.25, 0.3) is 11.0 Å². The van der Waals surface area contributed by atoms with Gasteiger partial charge in [0.15, 0.2) is 0 Å². The molecule has 2 aromatic carbocycles. The predicted octanol–water partition coefficient (Wildman–Crippen LogP) is 1.67. The number of hydrogen-bond donors (Lipinski definition) is 0. The van der Waals surface area contributed by atoms with Gasteiger partial charge in [-0.05, 0) is 56.0 Å². The number of para-hydroxylation sites is 2. The van der Waals surface area contributed by atoms with Crippen LogP contribution in [0.4, 0.5) is 0 Å². The summed E-state index contributed by atoms with van der Waals surface area (Å²) in [5, 5.41) is 0. The number of hydrogen-bond acceptors (Lipinski definition) is 3. The van der Waals surface area contributed by atoms with E-state index < -0.39 is 0 Å². The Labute approximate surface area is 160 Å². The predicted molar refractivity (Wildman–Crippen MR) is 99.0 cm³/mol. The van der Waals surface area contributed by atoms with Crippen molar-refractivity contribution in [2.75, 3.05) is 13.2 Å². The van der Waals surface area contributed by atoms with E-state index in [9.17, 15) is 0 Å². The van der Waals surface area contributed by atoms with Crippen molar-refractivity contribution in [3.8, 4) is 5.75 Å². The lowest BCUT2D eigenvalue weighted by Crippen LogP contribution is -3.00. The maximum atomic E-state index is 5.90. The Morgan fingerprint density at radius 3 is 2.88 bits per heavy atom. The highest BCUT2D eigenvalue weighted by Crippen LogP contribution is 2.30. The monoisotopic (exact) mass is 371 g/mol. The van der Waals surface area contributed by atoms with E-state index >= 15 is 0 Å². The average Bonchev–Trinajstić information content (AvgIpc) is 3.26. The molecule has 1 aliphatic rings. The number of aromatic nitrogens is 2. The summed E-state index contributed by atoms with van der Waals surface area (Å²) in [4.78, 5) is 4.84. The number of imidazole rings is 1. The Kier molecular flexibility index (Phi) is 6.17. The molecule has 1 atom stereocenters. The largest absolute Gasteiger partial charge is 1.00 e. The number of benzene rings is 2. The Morgan fingerprint density at radius 2 is 2.08 bits per heavy atom. The number of halogens is 1. The minimum absolute atomic E-state index is 0. The highest BCUT2D eigenvalue weighted by Gasteiger charge is 2.24. The summed E-state index contributed by atoms with van der Waals surface area (Å²) in [5.74, 6) is 2.00. The van der Waals surface area contributed by atoms with Gasteiger partial charge in [-0.25, -0.2) is 4.98 Å². The van der Waals surface area contributed by atoms with Crippen molar-refractivity contribution in [2.45, 2.75) is 38.8 Å². The molecule has 1 unspecified atom stereocenters. The summed E-state index contributed by atoms with van der Waals surface area (Å²) in [6, 6.07) is 16.5. The molecule has 0 radical (unpaired) electrons. The van der Waals surface area contributed by atoms with Gasteiger partial charge in [0.1, 0.15) is 17.7 Å². The van der Waals surface area contributed by atoms with Crippen LogP contribution in [0.2, 0.25) is 0 Å². The fourth-order valence-corrected chi connectivity index (χ4v) is 3.47. The van der Waals surface area contributed by atoms with E-state index in [4.69, 9.17) is 14.5 Å². The Morgan fingerprint density at radius 1 is 1.19 bits per heavy atom. The summed E-state index contributed by atoms with van der Waals surface area (Å²) in [7, 11) is 0. The number of ether oxygens (including phenoxy) is 2. The van der Waals surface area contributed by atoms with Crippen LogP contribution in [0.15, 0.2) is 48.5 Å². The van der Waals surface area contributed by atoms with E-state index in [2.05, 4.69) is 41.8 Å². The zero-order valence-corrected chi connectivity index (χ0v) is 15.8. The highest BCUT2D eigenvalue weighted by molar-refractivity contribution is 5.76. The molecule has 4 nitrogen and oxygen atoms in total. The van der Waals surface area contributed by atoms with E-state index in [-0.39, 0.29) is 18.5 Å². The summed E-state index contributed by atoms with van der Waals surface area (Å²) < 4.78 is 14.1. The van der Waals surface area contributed by atoms with Crippen molar-refractivity contribution in [1.82, 2.24) is 9.55 Å². The van der Waals surface area contributed by atoms with Crippen molar-refractivity contribution in [1.29, 1.82) is 0 Å². The standard InChI is InChI=1S/C21H24N2O2.ClH/c1-16-7-4-8-17(15-16)24-14-6-12-23-19-10-3-2-9-18(19)22-21(23)20-11-5-13-25-20;/h2-4,7-10,15,20H,5-6,11-14H2,1H3;1H/p-1. The molecular weight excluding hydrogens is 348 g/mol. The average molecular weight is 372 g/mol. The minimum Gasteiger partial charge on any atom is -1.00 e. The smallest absolute Gasteiger partial charge is 0.139 e. The number of rotatable bonds is 6. The second kappa shape index (κ2) is 8.56. The minimum atomic E-state index is 0. The third-order valence-electron chi connectivity index (χ3n) is 4.69. The van der Waals surface area contributed by atoms with Crippen molar-refractivity contribution in [2.24, 2.45) is 0 Å². The van der Waals surface area contributed by atoms with Gasteiger partial charge < -0.3 is 26.4 Å². The fraction of sp³-hybridized carbons (Fsp3) is 0.381. The van der Waals surface area contributed by atoms with Crippen LogP contribution in [0.3, 0.4) is 0 Å². The maximum absolute atomic E-state index is 5.90. The van der Waals surface area contributed by atoms with Crippen LogP contribution in [-0.2, 0) is 11.3 Å². The summed E-state index contributed by atoms with van der Waals surface area (Å²) in [6.45, 7) is 4.51. The first-order valence-corrected chi connectivity index (χ1v) is 9.07. The normalized spacial score (nSPS) is 16.6. The van der Waals surface area contributed by atoms with Crippen LogP contribution in [0.1, 0.15) is 36.8 Å². The molecule has 5 heteroatoms. The number of aryl methyl sites for hydroxylation is 2. The van der Waals surface area contributed by atoms with Crippen molar-refractivity contribution in [3.63, 3.8) is 0 Å². The topological polar surface area (TPSA) is 36.3 Å². The van der Waals surface area contributed by atoms with Gasteiger partial charge in [0.2, 0.25) is 0 Å². The molecule has 1 saturated heterocycles. The van der Waals surface area contributed by atoms with Crippen LogP contribution >= 0.6 is 0 Å². The van der Waals surface area contributed by atoms with E-state index in [0.717, 1.165) is 49.5 Å². The van der Waals surface area contributed by atoms with E-state index in [1.807, 2.05) is 18.2 Å². The van der Waals surface area contributed by atoms with E-state index in [1.54, 1.807) is 0 Å². The van der Waals surface area contributed by atoms with Gasteiger partial charge in [-0.15, -0.1) is 0 Å². The molecule has 0 saturated carbocycles. The molecule has 0 amide bonds. The second-order valence-corrected chi connectivity index (χ2v) is 6.63. The number of nitrogens with zero attached hydrogens (tertiary/aromatic N) is 2. The van der Waals surface area contributed by atoms with Gasteiger partial charge in [-0.1, -0.05) is 24.3 Å². The SMILES string of the molecule is Cc1cccc(OCCCn2c(C3CCCO3)nc3ccccc32)c1.[Cl-]. The van der Waals surface area contributed by atoms with E-state index in [0.29, 0.717) is 6.61 Å². The van der Waals surface area contributed by atoms with Gasteiger partial charge in [-0.3, -0.25) is 0 Å². The first-order chi connectivity index (χ1) is 12.3. The zero-order chi connectivity index (χ0) is 17.1. The van der Waals surface area contributed by atoms with Gasteiger partial charge in [0.05, 0.1) is 17.6 Å². The van der Waals surface area contributed by atoms with Crippen molar-refractivity contribution < 1.29 is 21.9 Å². The lowest BCUT2D eigenvalue weighted by Gasteiger charge is -2.14. The fourth-order valence-electron chi connectivity index (χ4n) is 3.47. The van der Waals surface area contributed by atoms with Gasteiger partial charge in [-0.2, -0.15) is 0 Å². The lowest BCUT2D eigenvalue weighted by atomic mass is 10.2. The van der Waals surface area contributed by atoms with Gasteiger partial charge in [0.25, 0.3) is 0 Å². The number of fused-ring (bicyclic) bond motifs is 1. The summed E-state index contributed by atoms with van der Waals surface area (Å²) in [5.41, 5.74) is 3.45. The molecule has 3 aromatic rings. The Bertz CT molecular complexity index is 856. The molecule has 26 heavy (non-hydrogen) atoms. The first kappa shape index (κ1) is 18.7. The highest BCUT2D eigenvalue weighted by atomic mass is 35.5. The third kappa shape index (κ3) is 4.02. The molecule has 1 aliphatic heterocycles. The lowest BCUT2D eigenvalue weighted by molar-refractivity contribution is -0.00000662. The molecule has 0 bridgehead atoms. The summed E-state index contributed by atoms with van der Waals surface area (Å²) in [6.07, 6.45) is 3.24. The molecule has 0 N–H and O–H groups in total. The van der Waals surface area contributed by atoms with Crippen LogP contribution in [-0.4, -0.2) is 22.8 Å². The van der Waals surface area contributed by atoms with Crippen LogP contribution in [0, 0.1) is 6.92 Å². The van der Waals surface area contributed by atoms with Gasteiger partial charge >= 0.3 is 0 Å². The molecule has 138 valence electrons. The molecule has 0 aliphatic carbocycles. The summed E-state index contributed by atoms with van der Waals surface area (Å²) >= 11 is 0.